The molecule has 70 valence electrons. The fraction of sp³-hybridized carbons (Fsp3) is 1.00. The van der Waals surface area contributed by atoms with Gasteiger partial charge in [0.05, 0.1) is 6.10 Å². The number of rotatable bonds is 1. The summed E-state index contributed by atoms with van der Waals surface area (Å²) in [5.74, 6) is 1.38. The molecule has 2 aliphatic rings. The highest BCUT2D eigenvalue weighted by atomic mass is 16.3. The minimum atomic E-state index is -0.122. The normalized spacial score (nSPS) is 44.0. The number of aliphatic hydroxyl groups is 1. The molecular weight excluding hydrogens is 150 g/mol. The van der Waals surface area contributed by atoms with Crippen LogP contribution in [0.2, 0.25) is 0 Å². The third-order valence-corrected chi connectivity index (χ3v) is 3.60. The van der Waals surface area contributed by atoms with Crippen LogP contribution in [0.3, 0.4) is 0 Å². The Labute approximate surface area is 74.4 Å². The minimum absolute atomic E-state index is 0.122. The Morgan fingerprint density at radius 1 is 1.33 bits per heavy atom. The third kappa shape index (κ3) is 1.38. The van der Waals surface area contributed by atoms with Gasteiger partial charge in [-0.2, -0.15) is 0 Å². The second-order valence-electron chi connectivity index (χ2n) is 4.36. The molecule has 2 heteroatoms. The van der Waals surface area contributed by atoms with Crippen molar-refractivity contribution in [2.45, 2.75) is 44.8 Å². The lowest BCUT2D eigenvalue weighted by Crippen LogP contribution is -2.43. The molecule has 0 aromatic heterocycles. The maximum absolute atomic E-state index is 9.58. The average molecular weight is 169 g/mol. The first kappa shape index (κ1) is 8.52. The van der Waals surface area contributed by atoms with E-state index in [1.54, 1.807) is 0 Å². The lowest BCUT2D eigenvalue weighted by Gasteiger charge is -2.35. The first-order valence-electron chi connectivity index (χ1n) is 5.20. The van der Waals surface area contributed by atoms with Gasteiger partial charge in [-0.25, -0.2) is 0 Å². The first-order chi connectivity index (χ1) is 5.79. The van der Waals surface area contributed by atoms with Crippen molar-refractivity contribution in [2.24, 2.45) is 11.8 Å². The van der Waals surface area contributed by atoms with E-state index in [0.29, 0.717) is 12.0 Å². The third-order valence-electron chi connectivity index (χ3n) is 3.60. The zero-order valence-corrected chi connectivity index (χ0v) is 7.79. The van der Waals surface area contributed by atoms with E-state index >= 15 is 0 Å². The van der Waals surface area contributed by atoms with Crippen molar-refractivity contribution < 1.29 is 5.11 Å². The maximum Gasteiger partial charge on any atom is 0.0555 e. The Bertz CT molecular complexity index is 158. The molecule has 0 unspecified atom stereocenters. The second-order valence-corrected chi connectivity index (χ2v) is 4.36. The molecule has 0 spiro atoms. The van der Waals surface area contributed by atoms with Gasteiger partial charge in [0.25, 0.3) is 0 Å². The van der Waals surface area contributed by atoms with Crippen LogP contribution in [0.15, 0.2) is 0 Å². The molecule has 1 saturated carbocycles. The SMILES string of the molecule is C[C@@H](O)[C@@H]1CCC[C@H]2CCN[C@H]21. The summed E-state index contributed by atoms with van der Waals surface area (Å²) in [6.45, 7) is 3.10. The molecule has 0 amide bonds. The van der Waals surface area contributed by atoms with Gasteiger partial charge in [0.1, 0.15) is 0 Å². The van der Waals surface area contributed by atoms with Gasteiger partial charge in [0, 0.05) is 12.0 Å². The molecule has 2 rings (SSSR count). The molecule has 1 aliphatic heterocycles. The van der Waals surface area contributed by atoms with E-state index in [0.717, 1.165) is 5.92 Å². The summed E-state index contributed by atoms with van der Waals surface area (Å²) in [4.78, 5) is 0. The molecule has 0 bridgehead atoms. The lowest BCUT2D eigenvalue weighted by molar-refractivity contribution is 0.0673. The Hall–Kier alpha value is -0.0800. The fourth-order valence-corrected chi connectivity index (χ4v) is 2.94. The van der Waals surface area contributed by atoms with E-state index in [-0.39, 0.29) is 6.10 Å². The molecule has 0 radical (unpaired) electrons. The van der Waals surface area contributed by atoms with E-state index in [1.165, 1.54) is 32.2 Å². The fourth-order valence-electron chi connectivity index (χ4n) is 2.94. The monoisotopic (exact) mass is 169 g/mol. The molecule has 12 heavy (non-hydrogen) atoms. The molecule has 2 nitrogen and oxygen atoms in total. The van der Waals surface area contributed by atoms with Crippen molar-refractivity contribution in [3.05, 3.63) is 0 Å². The zero-order chi connectivity index (χ0) is 8.55. The van der Waals surface area contributed by atoms with Crippen LogP contribution in [0.4, 0.5) is 0 Å². The predicted octanol–water partition coefficient (Wildman–Crippen LogP) is 1.15. The molecule has 1 aliphatic carbocycles. The van der Waals surface area contributed by atoms with Crippen molar-refractivity contribution in [1.29, 1.82) is 0 Å². The molecule has 2 N–H and O–H groups in total. The second kappa shape index (κ2) is 3.35. The first-order valence-corrected chi connectivity index (χ1v) is 5.20. The number of nitrogens with one attached hydrogen (secondary N) is 1. The van der Waals surface area contributed by atoms with Gasteiger partial charge in [0.2, 0.25) is 0 Å². The van der Waals surface area contributed by atoms with E-state index in [1.807, 2.05) is 6.92 Å². The van der Waals surface area contributed by atoms with Crippen molar-refractivity contribution in [3.63, 3.8) is 0 Å². The summed E-state index contributed by atoms with van der Waals surface area (Å²) in [6.07, 6.45) is 5.11. The summed E-state index contributed by atoms with van der Waals surface area (Å²) in [7, 11) is 0. The van der Waals surface area contributed by atoms with E-state index in [2.05, 4.69) is 5.32 Å². The molecule has 4 atom stereocenters. The molecular formula is C10H19NO. The van der Waals surface area contributed by atoms with Crippen LogP contribution < -0.4 is 5.32 Å². The number of aliphatic hydroxyl groups excluding tert-OH is 1. The quantitative estimate of drug-likeness (QED) is 0.617. The van der Waals surface area contributed by atoms with Crippen LogP contribution in [-0.4, -0.2) is 23.8 Å². The molecule has 1 saturated heterocycles. The van der Waals surface area contributed by atoms with Gasteiger partial charge >= 0.3 is 0 Å². The van der Waals surface area contributed by atoms with Gasteiger partial charge in [-0.1, -0.05) is 6.42 Å². The van der Waals surface area contributed by atoms with Gasteiger partial charge in [-0.3, -0.25) is 0 Å². The zero-order valence-electron chi connectivity index (χ0n) is 7.79. The smallest absolute Gasteiger partial charge is 0.0555 e. The van der Waals surface area contributed by atoms with E-state index < -0.39 is 0 Å². The molecule has 0 aromatic carbocycles. The van der Waals surface area contributed by atoms with Crippen molar-refractivity contribution in [2.75, 3.05) is 6.54 Å². The Morgan fingerprint density at radius 3 is 2.92 bits per heavy atom. The average Bonchev–Trinajstić information content (AvgIpc) is 2.49. The number of hydrogen-bond acceptors (Lipinski definition) is 2. The Balaban J connectivity index is 2.03. The highest BCUT2D eigenvalue weighted by Crippen LogP contribution is 2.36. The summed E-state index contributed by atoms with van der Waals surface area (Å²) in [5.41, 5.74) is 0. The van der Waals surface area contributed by atoms with Crippen molar-refractivity contribution in [3.8, 4) is 0 Å². The van der Waals surface area contributed by atoms with E-state index in [4.69, 9.17) is 0 Å². The summed E-state index contributed by atoms with van der Waals surface area (Å²) in [5, 5.41) is 13.1. The van der Waals surface area contributed by atoms with Crippen molar-refractivity contribution >= 4 is 0 Å². The minimum Gasteiger partial charge on any atom is -0.393 e. The largest absolute Gasteiger partial charge is 0.393 e. The van der Waals surface area contributed by atoms with E-state index in [9.17, 15) is 5.11 Å². The van der Waals surface area contributed by atoms with Crippen LogP contribution in [0.25, 0.3) is 0 Å². The highest BCUT2D eigenvalue weighted by Gasteiger charge is 2.38. The van der Waals surface area contributed by atoms with Crippen LogP contribution >= 0.6 is 0 Å². The summed E-state index contributed by atoms with van der Waals surface area (Å²) >= 11 is 0. The maximum atomic E-state index is 9.58. The Morgan fingerprint density at radius 2 is 2.17 bits per heavy atom. The van der Waals surface area contributed by atoms with Gasteiger partial charge < -0.3 is 10.4 Å². The Kier molecular flexibility index (Phi) is 2.37. The highest BCUT2D eigenvalue weighted by molar-refractivity contribution is 4.93. The predicted molar refractivity (Wildman–Crippen MR) is 48.9 cm³/mol. The summed E-state index contributed by atoms with van der Waals surface area (Å²) < 4.78 is 0. The topological polar surface area (TPSA) is 32.3 Å². The molecule has 0 aromatic rings. The van der Waals surface area contributed by atoms with Crippen LogP contribution in [0.1, 0.15) is 32.6 Å². The van der Waals surface area contributed by atoms with Gasteiger partial charge in [-0.15, -0.1) is 0 Å². The number of hydrogen-bond donors (Lipinski definition) is 2. The molecule has 2 fully saturated rings. The van der Waals surface area contributed by atoms with Crippen LogP contribution in [-0.2, 0) is 0 Å². The van der Waals surface area contributed by atoms with Gasteiger partial charge in [-0.05, 0) is 38.6 Å². The van der Waals surface area contributed by atoms with Gasteiger partial charge in [0.15, 0.2) is 0 Å². The van der Waals surface area contributed by atoms with Crippen LogP contribution in [0, 0.1) is 11.8 Å². The molecule has 1 heterocycles. The number of fused-ring (bicyclic) bond motifs is 1. The standard InChI is InChI=1S/C10H19NO/c1-7(12)9-4-2-3-8-5-6-11-10(8)9/h7-12H,2-6H2,1H3/t7-,8+,9+,10-/m1/s1. The summed E-state index contributed by atoms with van der Waals surface area (Å²) in [6, 6.07) is 0.624. The lowest BCUT2D eigenvalue weighted by atomic mass is 9.75. The van der Waals surface area contributed by atoms with Crippen LogP contribution in [0.5, 0.6) is 0 Å². The van der Waals surface area contributed by atoms with Crippen molar-refractivity contribution in [1.82, 2.24) is 5.32 Å².